The first-order valence-corrected chi connectivity index (χ1v) is 4.94. The molecule has 0 unspecified atom stereocenters. The fourth-order valence-electron chi connectivity index (χ4n) is 1.66. The van der Waals surface area contributed by atoms with Gasteiger partial charge in [0.25, 0.3) is 0 Å². The lowest BCUT2D eigenvalue weighted by atomic mass is 9.94. The Balaban J connectivity index is 2.29. The van der Waals surface area contributed by atoms with E-state index in [9.17, 15) is 4.79 Å². The van der Waals surface area contributed by atoms with Crippen molar-refractivity contribution in [3.8, 4) is 0 Å². The van der Waals surface area contributed by atoms with Crippen molar-refractivity contribution in [3.05, 3.63) is 24.3 Å². The predicted octanol–water partition coefficient (Wildman–Crippen LogP) is 1.15. The maximum atomic E-state index is 11.6. The highest BCUT2D eigenvalue weighted by atomic mass is 16.2. The van der Waals surface area contributed by atoms with E-state index in [1.165, 1.54) is 0 Å². The van der Waals surface area contributed by atoms with Gasteiger partial charge in [-0.1, -0.05) is 12.1 Å². The van der Waals surface area contributed by atoms with Crippen LogP contribution in [0.25, 0.3) is 0 Å². The number of hydrogen-bond acceptors (Lipinski definition) is 3. The molecule has 0 spiro atoms. The van der Waals surface area contributed by atoms with Crippen LogP contribution in [0, 0.1) is 5.41 Å². The molecular weight excluding hydrogens is 190 g/mol. The number of nitrogens with zero attached hydrogens (tertiary/aromatic N) is 1. The molecular formula is C11H15N3O. The normalized spacial score (nSPS) is 19.1. The smallest absolute Gasteiger partial charge is 0.246 e. The summed E-state index contributed by atoms with van der Waals surface area (Å²) in [6.45, 7) is 4.48. The molecule has 4 nitrogen and oxygen atoms in total. The van der Waals surface area contributed by atoms with E-state index in [-0.39, 0.29) is 11.3 Å². The molecule has 0 atom stereocenters. The summed E-state index contributed by atoms with van der Waals surface area (Å²) in [6, 6.07) is 7.51. The standard InChI is InChI=1S/C11H15N3O/c1-11(2)7-14(13-10(11)15)9-6-4-3-5-8(9)12/h3-6H,7,12H2,1-2H3,(H,13,15). The molecule has 1 aliphatic heterocycles. The number of hydrazine groups is 1. The predicted molar refractivity (Wildman–Crippen MR) is 60.1 cm³/mol. The van der Waals surface area contributed by atoms with E-state index in [2.05, 4.69) is 5.43 Å². The minimum Gasteiger partial charge on any atom is -0.397 e. The summed E-state index contributed by atoms with van der Waals surface area (Å²) >= 11 is 0. The van der Waals surface area contributed by atoms with Crippen molar-refractivity contribution in [1.82, 2.24) is 5.43 Å². The highest BCUT2D eigenvalue weighted by Gasteiger charge is 2.38. The van der Waals surface area contributed by atoms with Gasteiger partial charge in [-0.05, 0) is 26.0 Å². The Morgan fingerprint density at radius 1 is 1.40 bits per heavy atom. The molecule has 2 rings (SSSR count). The van der Waals surface area contributed by atoms with Crippen LogP contribution in [0.1, 0.15) is 13.8 Å². The number of anilines is 2. The van der Waals surface area contributed by atoms with E-state index >= 15 is 0 Å². The van der Waals surface area contributed by atoms with Crippen molar-refractivity contribution in [1.29, 1.82) is 0 Å². The average molecular weight is 205 g/mol. The van der Waals surface area contributed by atoms with Crippen LogP contribution in [0.3, 0.4) is 0 Å². The minimum atomic E-state index is -0.359. The van der Waals surface area contributed by atoms with Gasteiger partial charge in [-0.15, -0.1) is 0 Å². The summed E-state index contributed by atoms with van der Waals surface area (Å²) in [5.74, 6) is 0.0331. The maximum absolute atomic E-state index is 11.6. The molecule has 1 fully saturated rings. The number of nitrogens with one attached hydrogen (secondary N) is 1. The molecule has 4 heteroatoms. The highest BCUT2D eigenvalue weighted by Crippen LogP contribution is 2.29. The number of nitrogen functional groups attached to an aromatic ring is 1. The van der Waals surface area contributed by atoms with Crippen LogP contribution in [-0.4, -0.2) is 12.5 Å². The van der Waals surface area contributed by atoms with Gasteiger partial charge < -0.3 is 5.73 Å². The monoisotopic (exact) mass is 205 g/mol. The third-order valence-electron chi connectivity index (χ3n) is 2.63. The molecule has 0 radical (unpaired) electrons. The molecule has 15 heavy (non-hydrogen) atoms. The van der Waals surface area contributed by atoms with Crippen LogP contribution in [0.2, 0.25) is 0 Å². The zero-order chi connectivity index (χ0) is 11.1. The number of carbonyl (C=O) groups excluding carboxylic acids is 1. The van der Waals surface area contributed by atoms with Crippen molar-refractivity contribution >= 4 is 17.3 Å². The van der Waals surface area contributed by atoms with Gasteiger partial charge in [0.05, 0.1) is 23.3 Å². The largest absolute Gasteiger partial charge is 0.397 e. The molecule has 0 bridgehead atoms. The molecule has 0 saturated carbocycles. The van der Waals surface area contributed by atoms with Gasteiger partial charge in [0.1, 0.15) is 0 Å². The summed E-state index contributed by atoms with van der Waals surface area (Å²) in [5.41, 5.74) is 9.83. The number of benzene rings is 1. The van der Waals surface area contributed by atoms with Crippen LogP contribution >= 0.6 is 0 Å². The number of para-hydroxylation sites is 2. The van der Waals surface area contributed by atoms with Crippen LogP contribution in [-0.2, 0) is 4.79 Å². The number of rotatable bonds is 1. The first-order chi connectivity index (χ1) is 7.00. The number of carbonyl (C=O) groups is 1. The molecule has 1 amide bonds. The van der Waals surface area contributed by atoms with Crippen molar-refractivity contribution in [2.24, 2.45) is 5.41 Å². The molecule has 1 aromatic rings. The summed E-state index contributed by atoms with van der Waals surface area (Å²) in [5, 5.41) is 1.80. The van der Waals surface area contributed by atoms with Gasteiger partial charge in [0, 0.05) is 0 Å². The van der Waals surface area contributed by atoms with Crippen molar-refractivity contribution in [3.63, 3.8) is 0 Å². The van der Waals surface area contributed by atoms with Gasteiger partial charge in [0.2, 0.25) is 5.91 Å². The molecule has 1 aliphatic rings. The van der Waals surface area contributed by atoms with Gasteiger partial charge in [-0.3, -0.25) is 15.2 Å². The Labute approximate surface area is 89.0 Å². The number of hydrogen-bond donors (Lipinski definition) is 2. The highest BCUT2D eigenvalue weighted by molar-refractivity contribution is 5.88. The quantitative estimate of drug-likeness (QED) is 0.676. The first kappa shape index (κ1) is 9.83. The zero-order valence-electron chi connectivity index (χ0n) is 8.95. The summed E-state index contributed by atoms with van der Waals surface area (Å²) < 4.78 is 0. The maximum Gasteiger partial charge on any atom is 0.246 e. The van der Waals surface area contributed by atoms with E-state index in [0.717, 1.165) is 5.69 Å². The van der Waals surface area contributed by atoms with Crippen LogP contribution in [0.4, 0.5) is 11.4 Å². The minimum absolute atomic E-state index is 0.0331. The Kier molecular flexibility index (Phi) is 2.07. The fourth-order valence-corrected chi connectivity index (χ4v) is 1.66. The third kappa shape index (κ3) is 1.63. The Morgan fingerprint density at radius 2 is 2.07 bits per heavy atom. The lowest BCUT2D eigenvalue weighted by Crippen LogP contribution is -2.33. The zero-order valence-corrected chi connectivity index (χ0v) is 8.95. The van der Waals surface area contributed by atoms with Crippen molar-refractivity contribution in [2.75, 3.05) is 17.3 Å². The van der Waals surface area contributed by atoms with E-state index in [1.807, 2.05) is 38.1 Å². The molecule has 1 heterocycles. The summed E-state index contributed by atoms with van der Waals surface area (Å²) in [6.07, 6.45) is 0. The van der Waals surface area contributed by atoms with Crippen LogP contribution in [0.5, 0.6) is 0 Å². The van der Waals surface area contributed by atoms with Gasteiger partial charge in [-0.2, -0.15) is 0 Å². The Morgan fingerprint density at radius 3 is 2.60 bits per heavy atom. The van der Waals surface area contributed by atoms with Gasteiger partial charge in [-0.25, -0.2) is 0 Å². The van der Waals surface area contributed by atoms with Gasteiger partial charge >= 0.3 is 0 Å². The van der Waals surface area contributed by atoms with E-state index in [4.69, 9.17) is 5.73 Å². The second-order valence-electron chi connectivity index (χ2n) is 4.47. The Hall–Kier alpha value is -1.71. The molecule has 1 aromatic carbocycles. The average Bonchev–Trinajstić information content (AvgIpc) is 2.42. The topological polar surface area (TPSA) is 58.4 Å². The van der Waals surface area contributed by atoms with Crippen LogP contribution < -0.4 is 16.2 Å². The number of amides is 1. The van der Waals surface area contributed by atoms with Crippen molar-refractivity contribution in [2.45, 2.75) is 13.8 Å². The third-order valence-corrected chi connectivity index (χ3v) is 2.63. The van der Waals surface area contributed by atoms with E-state index < -0.39 is 0 Å². The SMILES string of the molecule is CC1(C)CN(c2ccccc2N)NC1=O. The van der Waals surface area contributed by atoms with Gasteiger partial charge in [0.15, 0.2) is 0 Å². The lowest BCUT2D eigenvalue weighted by Gasteiger charge is -2.20. The lowest BCUT2D eigenvalue weighted by molar-refractivity contribution is -0.125. The molecule has 0 aliphatic carbocycles. The first-order valence-electron chi connectivity index (χ1n) is 4.94. The second-order valence-corrected chi connectivity index (χ2v) is 4.47. The molecule has 0 aromatic heterocycles. The van der Waals surface area contributed by atoms with Crippen LogP contribution in [0.15, 0.2) is 24.3 Å². The molecule has 3 N–H and O–H groups in total. The van der Waals surface area contributed by atoms with E-state index in [1.54, 1.807) is 5.01 Å². The number of nitrogens with two attached hydrogens (primary N) is 1. The molecule has 80 valence electrons. The second kappa shape index (κ2) is 3.15. The van der Waals surface area contributed by atoms with Crippen molar-refractivity contribution < 1.29 is 4.79 Å². The fraction of sp³-hybridized carbons (Fsp3) is 0.364. The summed E-state index contributed by atoms with van der Waals surface area (Å²) in [7, 11) is 0. The Bertz CT molecular complexity index is 401. The molecule has 1 saturated heterocycles. The summed E-state index contributed by atoms with van der Waals surface area (Å²) in [4.78, 5) is 11.6. The van der Waals surface area contributed by atoms with E-state index in [0.29, 0.717) is 12.2 Å².